The molecule has 1 saturated heterocycles. The van der Waals surface area contributed by atoms with E-state index in [1.165, 1.54) is 30.7 Å². The summed E-state index contributed by atoms with van der Waals surface area (Å²) in [5, 5.41) is 7.86. The Morgan fingerprint density at radius 3 is 2.68 bits per heavy atom. The number of amides is 3. The molecule has 3 N–H and O–H groups in total. The van der Waals surface area contributed by atoms with Crippen molar-refractivity contribution in [1.82, 2.24) is 10.2 Å². The van der Waals surface area contributed by atoms with Crippen LogP contribution in [0.5, 0.6) is 0 Å². The second-order valence-electron chi connectivity index (χ2n) is 6.95. The second kappa shape index (κ2) is 9.32. The smallest absolute Gasteiger partial charge is 0.319 e. The minimum absolute atomic E-state index is 0.0364. The summed E-state index contributed by atoms with van der Waals surface area (Å²) < 4.78 is 13.6. The van der Waals surface area contributed by atoms with Gasteiger partial charge >= 0.3 is 6.03 Å². The summed E-state index contributed by atoms with van der Waals surface area (Å²) in [6.07, 6.45) is 1.12. The van der Waals surface area contributed by atoms with E-state index < -0.39 is 5.82 Å². The van der Waals surface area contributed by atoms with Gasteiger partial charge in [0.25, 0.3) is 0 Å². The molecule has 0 aromatic heterocycles. The number of halogens is 1. The third kappa shape index (κ3) is 5.53. The first kappa shape index (κ1) is 19.8. The summed E-state index contributed by atoms with van der Waals surface area (Å²) in [6, 6.07) is 14.2. The van der Waals surface area contributed by atoms with Crippen LogP contribution in [0, 0.1) is 5.82 Å². The van der Waals surface area contributed by atoms with Crippen LogP contribution in [0.25, 0.3) is 0 Å². The molecule has 0 bridgehead atoms. The van der Waals surface area contributed by atoms with Gasteiger partial charge in [0.05, 0.1) is 5.69 Å². The van der Waals surface area contributed by atoms with Gasteiger partial charge in [0.15, 0.2) is 0 Å². The van der Waals surface area contributed by atoms with E-state index in [0.717, 1.165) is 26.1 Å². The molecule has 148 valence electrons. The van der Waals surface area contributed by atoms with Gasteiger partial charge in [-0.1, -0.05) is 30.3 Å². The number of urea groups is 1. The topological polar surface area (TPSA) is 73.5 Å². The van der Waals surface area contributed by atoms with Crippen LogP contribution in [0.2, 0.25) is 0 Å². The molecule has 28 heavy (non-hydrogen) atoms. The van der Waals surface area contributed by atoms with Crippen molar-refractivity contribution in [3.8, 4) is 0 Å². The standard InChI is InChI=1S/C21H25FN4O2/c1-15(27)24-20-13-18(7-8-19(20)22)25-21(28)23-10-12-26-11-9-17(14-26)16-5-3-2-4-6-16/h2-8,13,17H,9-12,14H2,1H3,(H,24,27)(H2,23,25,28)/t17-/m0/s1. The third-order valence-corrected chi connectivity index (χ3v) is 4.79. The lowest BCUT2D eigenvalue weighted by Crippen LogP contribution is -2.36. The Labute approximate surface area is 164 Å². The zero-order valence-electron chi connectivity index (χ0n) is 15.9. The van der Waals surface area contributed by atoms with Crippen LogP contribution in [0.1, 0.15) is 24.8 Å². The first-order chi connectivity index (χ1) is 13.5. The fraction of sp³-hybridized carbons (Fsp3) is 0.333. The average Bonchev–Trinajstić information content (AvgIpc) is 3.14. The molecule has 1 atom stereocenters. The number of likely N-dealkylation sites (tertiary alicyclic amines) is 1. The maximum absolute atomic E-state index is 13.6. The second-order valence-corrected chi connectivity index (χ2v) is 6.95. The molecule has 3 rings (SSSR count). The summed E-state index contributed by atoms with van der Waals surface area (Å²) in [4.78, 5) is 25.5. The van der Waals surface area contributed by atoms with Crippen molar-refractivity contribution in [2.45, 2.75) is 19.3 Å². The highest BCUT2D eigenvalue weighted by Crippen LogP contribution is 2.26. The molecule has 6 nitrogen and oxygen atoms in total. The lowest BCUT2D eigenvalue weighted by molar-refractivity contribution is -0.114. The number of anilines is 2. The molecule has 0 aliphatic carbocycles. The number of hydrogen-bond acceptors (Lipinski definition) is 3. The van der Waals surface area contributed by atoms with Crippen LogP contribution >= 0.6 is 0 Å². The lowest BCUT2D eigenvalue weighted by atomic mass is 9.99. The molecule has 0 spiro atoms. The molecule has 0 unspecified atom stereocenters. The Kier molecular flexibility index (Phi) is 6.60. The molecular formula is C21H25FN4O2. The van der Waals surface area contributed by atoms with E-state index in [0.29, 0.717) is 18.2 Å². The highest BCUT2D eigenvalue weighted by molar-refractivity contribution is 5.92. The number of nitrogens with one attached hydrogen (secondary N) is 3. The van der Waals surface area contributed by atoms with E-state index in [1.54, 1.807) is 0 Å². The average molecular weight is 384 g/mol. The predicted molar refractivity (Wildman–Crippen MR) is 108 cm³/mol. The number of carbonyl (C=O) groups is 2. The zero-order chi connectivity index (χ0) is 19.9. The Hall–Kier alpha value is -2.93. The van der Waals surface area contributed by atoms with Gasteiger partial charge in [-0.05, 0) is 42.6 Å². The van der Waals surface area contributed by atoms with Crippen molar-refractivity contribution in [1.29, 1.82) is 0 Å². The fourth-order valence-corrected chi connectivity index (χ4v) is 3.42. The van der Waals surface area contributed by atoms with E-state index in [9.17, 15) is 14.0 Å². The van der Waals surface area contributed by atoms with Crippen molar-refractivity contribution in [2.24, 2.45) is 0 Å². The van der Waals surface area contributed by atoms with Crippen LogP contribution in [-0.4, -0.2) is 43.0 Å². The Morgan fingerprint density at radius 2 is 1.93 bits per heavy atom. The van der Waals surface area contributed by atoms with Gasteiger partial charge in [0.2, 0.25) is 5.91 Å². The van der Waals surface area contributed by atoms with Crippen molar-refractivity contribution < 1.29 is 14.0 Å². The SMILES string of the molecule is CC(=O)Nc1cc(NC(=O)NCCN2CC[C@H](c3ccccc3)C2)ccc1F. The van der Waals surface area contributed by atoms with E-state index in [2.05, 4.69) is 45.1 Å². The van der Waals surface area contributed by atoms with E-state index >= 15 is 0 Å². The highest BCUT2D eigenvalue weighted by atomic mass is 19.1. The van der Waals surface area contributed by atoms with Crippen LogP contribution in [0.15, 0.2) is 48.5 Å². The van der Waals surface area contributed by atoms with Gasteiger partial charge in [-0.25, -0.2) is 9.18 Å². The van der Waals surface area contributed by atoms with Gasteiger partial charge in [0, 0.05) is 32.2 Å². The molecule has 2 aromatic carbocycles. The molecule has 7 heteroatoms. The predicted octanol–water partition coefficient (Wildman–Crippen LogP) is 3.40. The molecule has 2 aromatic rings. The van der Waals surface area contributed by atoms with E-state index in [1.807, 2.05) is 6.07 Å². The summed E-state index contributed by atoms with van der Waals surface area (Å²) >= 11 is 0. The number of nitrogens with zero attached hydrogens (tertiary/aromatic N) is 1. The normalized spacial score (nSPS) is 16.6. The molecule has 1 heterocycles. The van der Waals surface area contributed by atoms with E-state index in [4.69, 9.17) is 0 Å². The number of benzene rings is 2. The van der Waals surface area contributed by atoms with Gasteiger partial charge in [-0.2, -0.15) is 0 Å². The number of carbonyl (C=O) groups excluding carboxylic acids is 2. The Bertz CT molecular complexity index is 828. The molecular weight excluding hydrogens is 359 g/mol. The fourth-order valence-electron chi connectivity index (χ4n) is 3.42. The van der Waals surface area contributed by atoms with Gasteiger partial charge in [-0.15, -0.1) is 0 Å². The Morgan fingerprint density at radius 1 is 1.14 bits per heavy atom. The zero-order valence-corrected chi connectivity index (χ0v) is 15.9. The van der Waals surface area contributed by atoms with Crippen molar-refractivity contribution in [2.75, 3.05) is 36.8 Å². The molecule has 0 saturated carbocycles. The van der Waals surface area contributed by atoms with E-state index in [-0.39, 0.29) is 17.6 Å². The monoisotopic (exact) mass is 384 g/mol. The van der Waals surface area contributed by atoms with Crippen LogP contribution in [0.4, 0.5) is 20.6 Å². The molecule has 0 radical (unpaired) electrons. The first-order valence-electron chi connectivity index (χ1n) is 9.40. The number of hydrogen-bond donors (Lipinski definition) is 3. The van der Waals surface area contributed by atoms with Gasteiger partial charge in [0.1, 0.15) is 5.82 Å². The molecule has 1 aliphatic rings. The van der Waals surface area contributed by atoms with Crippen molar-refractivity contribution >= 4 is 23.3 Å². The van der Waals surface area contributed by atoms with Crippen LogP contribution in [0.3, 0.4) is 0 Å². The maximum Gasteiger partial charge on any atom is 0.319 e. The minimum atomic E-state index is -0.553. The summed E-state index contributed by atoms with van der Waals surface area (Å²) in [6.45, 7) is 4.60. The summed E-state index contributed by atoms with van der Waals surface area (Å²) in [7, 11) is 0. The highest BCUT2D eigenvalue weighted by Gasteiger charge is 2.23. The molecule has 1 aliphatic heterocycles. The van der Waals surface area contributed by atoms with Crippen molar-refractivity contribution in [3.05, 3.63) is 59.9 Å². The van der Waals surface area contributed by atoms with Crippen LogP contribution < -0.4 is 16.0 Å². The van der Waals surface area contributed by atoms with Gasteiger partial charge in [-0.3, -0.25) is 4.79 Å². The maximum atomic E-state index is 13.6. The van der Waals surface area contributed by atoms with Gasteiger partial charge < -0.3 is 20.9 Å². The molecule has 1 fully saturated rings. The third-order valence-electron chi connectivity index (χ3n) is 4.79. The first-order valence-corrected chi connectivity index (χ1v) is 9.40. The summed E-state index contributed by atoms with van der Waals surface area (Å²) in [5.74, 6) is -0.385. The quantitative estimate of drug-likeness (QED) is 0.715. The van der Waals surface area contributed by atoms with Crippen LogP contribution in [-0.2, 0) is 4.79 Å². The number of rotatable bonds is 6. The van der Waals surface area contributed by atoms with Crippen molar-refractivity contribution in [3.63, 3.8) is 0 Å². The molecule has 3 amide bonds. The Balaban J connectivity index is 1.42. The lowest BCUT2D eigenvalue weighted by Gasteiger charge is -2.17. The largest absolute Gasteiger partial charge is 0.337 e. The minimum Gasteiger partial charge on any atom is -0.337 e. The summed E-state index contributed by atoms with van der Waals surface area (Å²) in [5.41, 5.74) is 1.81.